The fraction of sp³-hybridized carbons (Fsp3) is 0.280. The molecule has 1 aliphatic rings. The zero-order chi connectivity index (χ0) is 25.2. The van der Waals surface area contributed by atoms with Crippen molar-refractivity contribution in [1.29, 1.82) is 0 Å². The average molecular weight is 485 g/mol. The molecule has 11 nitrogen and oxygen atoms in total. The number of rotatable bonds is 6. The van der Waals surface area contributed by atoms with Gasteiger partial charge in [0, 0.05) is 43.5 Å². The molecule has 0 spiro atoms. The Morgan fingerprint density at radius 3 is 2.67 bits per heavy atom. The maximum absolute atomic E-state index is 12.9. The number of benzene rings is 1. The quantitative estimate of drug-likeness (QED) is 0.378. The second-order valence-electron chi connectivity index (χ2n) is 8.97. The minimum atomic E-state index is -0.262. The van der Waals surface area contributed by atoms with Crippen LogP contribution in [0.25, 0.3) is 16.6 Å². The molecular weight excluding hydrogens is 456 g/mol. The van der Waals surface area contributed by atoms with Crippen LogP contribution in [0.5, 0.6) is 0 Å². The van der Waals surface area contributed by atoms with E-state index in [1.165, 1.54) is 6.33 Å². The van der Waals surface area contributed by atoms with Crippen molar-refractivity contribution >= 4 is 45.8 Å². The first-order valence-corrected chi connectivity index (χ1v) is 11.7. The van der Waals surface area contributed by atoms with Gasteiger partial charge >= 0.3 is 0 Å². The van der Waals surface area contributed by atoms with Crippen molar-refractivity contribution in [1.82, 2.24) is 35.0 Å². The Balaban J connectivity index is 1.40. The predicted molar refractivity (Wildman–Crippen MR) is 141 cm³/mol. The molecule has 3 aromatic heterocycles. The number of hydrogen-bond donors (Lipinski definition) is 3. The summed E-state index contributed by atoms with van der Waals surface area (Å²) in [4.78, 5) is 35.4. The second kappa shape index (κ2) is 9.70. The number of amides is 1. The first kappa shape index (κ1) is 23.4. The highest BCUT2D eigenvalue weighted by Crippen LogP contribution is 2.26. The van der Waals surface area contributed by atoms with E-state index in [1.54, 1.807) is 24.4 Å². The monoisotopic (exact) mass is 484 g/mol. The van der Waals surface area contributed by atoms with Gasteiger partial charge in [-0.05, 0) is 44.2 Å². The zero-order valence-corrected chi connectivity index (χ0v) is 20.5. The van der Waals surface area contributed by atoms with Crippen LogP contribution in [-0.2, 0) is 0 Å². The van der Waals surface area contributed by atoms with Crippen LogP contribution in [0.1, 0.15) is 28.5 Å². The molecule has 184 valence electrons. The molecule has 0 bridgehead atoms. The smallest absolute Gasteiger partial charge is 0.256 e. The number of nitrogens with zero attached hydrogens (tertiary/aromatic N) is 7. The first-order chi connectivity index (χ1) is 17.4. The van der Waals surface area contributed by atoms with Gasteiger partial charge in [0.1, 0.15) is 23.2 Å². The van der Waals surface area contributed by atoms with E-state index >= 15 is 0 Å². The number of carbonyl (C=O) groups is 1. The zero-order valence-electron chi connectivity index (χ0n) is 20.5. The van der Waals surface area contributed by atoms with E-state index in [4.69, 9.17) is 4.98 Å². The summed E-state index contributed by atoms with van der Waals surface area (Å²) < 4.78 is 0. The number of carbonyl (C=O) groups excluding carboxylic acids is 1. The van der Waals surface area contributed by atoms with Crippen LogP contribution in [0.2, 0.25) is 0 Å². The molecule has 1 aromatic carbocycles. The van der Waals surface area contributed by atoms with Crippen molar-refractivity contribution in [3.05, 3.63) is 60.2 Å². The van der Waals surface area contributed by atoms with E-state index in [-0.39, 0.29) is 5.91 Å². The standard InChI is InChI=1S/C25H28N10O/c1-15(2)18-12-21(33-32-18)30-24(36)17-6-5-16(3)19(11-17)29-23-22-20(27-14-28-23)13-26-25(31-22)35-9-7-34(4)8-10-35/h5-6,11-14H,1,7-10H2,2-4H3,(H,27,28,29)(H2,30,32,33,36). The summed E-state index contributed by atoms with van der Waals surface area (Å²) in [5.74, 6) is 1.45. The van der Waals surface area contributed by atoms with Crippen LogP contribution in [0.4, 0.5) is 23.3 Å². The Labute approximate surface area is 208 Å². The summed E-state index contributed by atoms with van der Waals surface area (Å²) >= 11 is 0. The van der Waals surface area contributed by atoms with E-state index in [9.17, 15) is 4.79 Å². The molecule has 1 saturated heterocycles. The van der Waals surface area contributed by atoms with Crippen LogP contribution >= 0.6 is 0 Å². The molecule has 1 aliphatic heterocycles. The third kappa shape index (κ3) is 4.86. The van der Waals surface area contributed by atoms with Gasteiger partial charge in [-0.25, -0.2) is 19.9 Å². The number of allylic oxidation sites excluding steroid dienone is 1. The van der Waals surface area contributed by atoms with Crippen molar-refractivity contribution in [2.75, 3.05) is 48.8 Å². The number of anilines is 4. The number of aryl methyl sites for hydroxylation is 1. The van der Waals surface area contributed by atoms with Crippen LogP contribution < -0.4 is 15.5 Å². The molecule has 36 heavy (non-hydrogen) atoms. The average Bonchev–Trinajstić information content (AvgIpc) is 3.34. The molecule has 11 heteroatoms. The van der Waals surface area contributed by atoms with Crippen LogP contribution in [0, 0.1) is 6.92 Å². The van der Waals surface area contributed by atoms with E-state index in [2.05, 4.69) is 59.2 Å². The molecule has 1 fully saturated rings. The van der Waals surface area contributed by atoms with Gasteiger partial charge in [0.2, 0.25) is 5.95 Å². The van der Waals surface area contributed by atoms with Crippen molar-refractivity contribution in [2.24, 2.45) is 0 Å². The Bertz CT molecular complexity index is 1440. The van der Waals surface area contributed by atoms with E-state index in [1.807, 2.05) is 19.9 Å². The molecule has 0 radical (unpaired) electrons. The number of aromatic amines is 1. The lowest BCUT2D eigenvalue weighted by molar-refractivity contribution is 0.102. The summed E-state index contributed by atoms with van der Waals surface area (Å²) in [6, 6.07) is 7.20. The van der Waals surface area contributed by atoms with Gasteiger partial charge in [-0.1, -0.05) is 12.6 Å². The number of fused-ring (bicyclic) bond motifs is 1. The van der Waals surface area contributed by atoms with E-state index in [0.717, 1.165) is 43.0 Å². The third-order valence-electron chi connectivity index (χ3n) is 6.17. The second-order valence-corrected chi connectivity index (χ2v) is 8.97. The number of H-pyrrole nitrogens is 1. The van der Waals surface area contributed by atoms with E-state index in [0.29, 0.717) is 39.9 Å². The molecule has 5 rings (SSSR count). The number of piperazine rings is 1. The molecule has 0 unspecified atom stereocenters. The molecule has 4 aromatic rings. The van der Waals surface area contributed by atoms with Crippen molar-refractivity contribution in [3.8, 4) is 0 Å². The minimum absolute atomic E-state index is 0.262. The summed E-state index contributed by atoms with van der Waals surface area (Å²) in [7, 11) is 2.11. The molecule has 4 heterocycles. The number of nitrogens with one attached hydrogen (secondary N) is 3. The lowest BCUT2D eigenvalue weighted by atomic mass is 10.1. The van der Waals surface area contributed by atoms with Gasteiger partial charge in [0.15, 0.2) is 5.82 Å². The Hall–Kier alpha value is -4.38. The Morgan fingerprint density at radius 2 is 1.92 bits per heavy atom. The molecule has 0 aliphatic carbocycles. The topological polar surface area (TPSA) is 128 Å². The fourth-order valence-electron chi connectivity index (χ4n) is 3.92. The van der Waals surface area contributed by atoms with Crippen molar-refractivity contribution in [2.45, 2.75) is 13.8 Å². The van der Waals surface area contributed by atoms with Gasteiger partial charge in [-0.2, -0.15) is 5.10 Å². The van der Waals surface area contributed by atoms with E-state index < -0.39 is 0 Å². The van der Waals surface area contributed by atoms with Gasteiger partial charge in [-0.15, -0.1) is 0 Å². The van der Waals surface area contributed by atoms with Crippen LogP contribution in [0.15, 0.2) is 43.4 Å². The fourth-order valence-corrected chi connectivity index (χ4v) is 3.92. The molecule has 1 amide bonds. The largest absolute Gasteiger partial charge is 0.338 e. The Kier molecular flexibility index (Phi) is 6.30. The highest BCUT2D eigenvalue weighted by Gasteiger charge is 2.18. The molecule has 0 atom stereocenters. The lowest BCUT2D eigenvalue weighted by Crippen LogP contribution is -2.45. The Morgan fingerprint density at radius 1 is 1.11 bits per heavy atom. The minimum Gasteiger partial charge on any atom is -0.338 e. The summed E-state index contributed by atoms with van der Waals surface area (Å²) in [5.41, 5.74) is 4.97. The number of hydrogen-bond acceptors (Lipinski definition) is 9. The molecular formula is C25H28N10O. The highest BCUT2D eigenvalue weighted by molar-refractivity contribution is 6.04. The highest BCUT2D eigenvalue weighted by atomic mass is 16.1. The number of aromatic nitrogens is 6. The summed E-state index contributed by atoms with van der Waals surface area (Å²) in [6.07, 6.45) is 3.20. The normalized spacial score (nSPS) is 14.1. The predicted octanol–water partition coefficient (Wildman–Crippen LogP) is 3.23. The van der Waals surface area contributed by atoms with Crippen molar-refractivity contribution in [3.63, 3.8) is 0 Å². The maximum Gasteiger partial charge on any atom is 0.256 e. The maximum atomic E-state index is 12.9. The SMILES string of the molecule is C=C(C)c1cc(NC(=O)c2ccc(C)c(Nc3ncnc4cnc(N5CCN(C)CC5)nc34)c2)[nH]n1. The molecule has 3 N–H and O–H groups in total. The van der Waals surface area contributed by atoms with Crippen LogP contribution in [-0.4, -0.2) is 74.2 Å². The van der Waals surface area contributed by atoms with Crippen LogP contribution in [0.3, 0.4) is 0 Å². The van der Waals surface area contributed by atoms with Crippen molar-refractivity contribution < 1.29 is 4.79 Å². The molecule has 0 saturated carbocycles. The van der Waals surface area contributed by atoms with Gasteiger partial charge < -0.3 is 20.4 Å². The first-order valence-electron chi connectivity index (χ1n) is 11.7. The number of likely N-dealkylation sites (N-methyl/N-ethyl adjacent to an activating group) is 1. The van der Waals surface area contributed by atoms with Gasteiger partial charge in [0.25, 0.3) is 5.91 Å². The summed E-state index contributed by atoms with van der Waals surface area (Å²) in [6.45, 7) is 11.3. The third-order valence-corrected chi connectivity index (χ3v) is 6.17. The lowest BCUT2D eigenvalue weighted by Gasteiger charge is -2.32. The van der Waals surface area contributed by atoms with Gasteiger partial charge in [-0.3, -0.25) is 9.89 Å². The summed E-state index contributed by atoms with van der Waals surface area (Å²) in [5, 5.41) is 13.1. The van der Waals surface area contributed by atoms with Gasteiger partial charge in [0.05, 0.1) is 11.9 Å².